The van der Waals surface area contributed by atoms with Gasteiger partial charge >= 0.3 is 0 Å². The lowest BCUT2D eigenvalue weighted by atomic mass is 10.0. The van der Waals surface area contributed by atoms with E-state index < -0.39 is 0 Å². The van der Waals surface area contributed by atoms with Gasteiger partial charge in [0.15, 0.2) is 0 Å². The number of nitrogens with one attached hydrogen (secondary N) is 1. The predicted octanol–water partition coefficient (Wildman–Crippen LogP) is 2.18. The third-order valence-electron chi connectivity index (χ3n) is 3.01. The Bertz CT molecular complexity index is 320. The van der Waals surface area contributed by atoms with Crippen LogP contribution in [0.15, 0.2) is 30.3 Å². The van der Waals surface area contributed by atoms with Gasteiger partial charge in [0.2, 0.25) is 0 Å². The summed E-state index contributed by atoms with van der Waals surface area (Å²) in [5.41, 5.74) is 1.41. The highest BCUT2D eigenvalue weighted by atomic mass is 16.6. The molecular formula is C15H23NO2. The van der Waals surface area contributed by atoms with Crippen LogP contribution in [0.2, 0.25) is 0 Å². The third-order valence-corrected chi connectivity index (χ3v) is 3.01. The molecule has 2 aliphatic rings. The molecular weight excluding hydrogens is 226 g/mol. The molecule has 1 N–H and O–H groups in total. The number of hydrogen-bond donors (Lipinski definition) is 1. The van der Waals surface area contributed by atoms with E-state index in [4.69, 9.17) is 9.47 Å². The first-order valence-corrected chi connectivity index (χ1v) is 6.74. The molecule has 0 amide bonds. The first-order valence-electron chi connectivity index (χ1n) is 6.74. The van der Waals surface area contributed by atoms with Gasteiger partial charge in [-0.25, -0.2) is 0 Å². The number of hydrogen-bond acceptors (Lipinski definition) is 3. The molecule has 2 heterocycles. The van der Waals surface area contributed by atoms with Crippen molar-refractivity contribution in [1.29, 1.82) is 0 Å². The molecule has 0 spiro atoms. The summed E-state index contributed by atoms with van der Waals surface area (Å²) in [6.45, 7) is 8.29. The summed E-state index contributed by atoms with van der Waals surface area (Å²) in [6.07, 6.45) is 1.01. The SMILES string of the molecule is C(NCC1CO1)C1CO1.CC(C)c1ccccc1. The minimum absolute atomic E-state index is 0.503. The second kappa shape index (κ2) is 6.88. The molecule has 2 unspecified atom stereocenters. The van der Waals surface area contributed by atoms with Gasteiger partial charge in [0.25, 0.3) is 0 Å². The second-order valence-electron chi connectivity index (χ2n) is 5.13. The Kier molecular flexibility index (Phi) is 5.17. The zero-order valence-electron chi connectivity index (χ0n) is 11.3. The Morgan fingerprint density at radius 3 is 1.89 bits per heavy atom. The number of benzene rings is 1. The van der Waals surface area contributed by atoms with Gasteiger partial charge < -0.3 is 14.8 Å². The number of ether oxygens (including phenoxy) is 2. The molecule has 3 heteroatoms. The molecule has 0 saturated carbocycles. The highest BCUT2D eigenvalue weighted by molar-refractivity contribution is 5.17. The molecule has 3 nitrogen and oxygen atoms in total. The zero-order chi connectivity index (χ0) is 12.8. The van der Waals surface area contributed by atoms with Crippen LogP contribution in [0.1, 0.15) is 25.3 Å². The topological polar surface area (TPSA) is 37.1 Å². The van der Waals surface area contributed by atoms with Crippen LogP contribution >= 0.6 is 0 Å². The molecule has 0 aromatic heterocycles. The van der Waals surface area contributed by atoms with Gasteiger partial charge in [-0.1, -0.05) is 44.2 Å². The van der Waals surface area contributed by atoms with Crippen LogP contribution in [0.5, 0.6) is 0 Å². The summed E-state index contributed by atoms with van der Waals surface area (Å²) in [5.74, 6) is 0.659. The van der Waals surface area contributed by atoms with E-state index in [1.165, 1.54) is 5.56 Å². The van der Waals surface area contributed by atoms with Gasteiger partial charge in [-0.15, -0.1) is 0 Å². The number of epoxide rings is 2. The van der Waals surface area contributed by atoms with Crippen molar-refractivity contribution in [1.82, 2.24) is 5.32 Å². The Hall–Kier alpha value is -0.900. The lowest BCUT2D eigenvalue weighted by molar-refractivity contribution is 0.373. The highest BCUT2D eigenvalue weighted by Gasteiger charge is 2.25. The van der Waals surface area contributed by atoms with Gasteiger partial charge in [-0.05, 0) is 11.5 Å². The van der Waals surface area contributed by atoms with E-state index in [0.29, 0.717) is 18.1 Å². The first kappa shape index (κ1) is 13.5. The van der Waals surface area contributed by atoms with E-state index in [1.807, 2.05) is 6.07 Å². The fraction of sp³-hybridized carbons (Fsp3) is 0.600. The summed E-state index contributed by atoms with van der Waals surface area (Å²) in [6, 6.07) is 10.5. The van der Waals surface area contributed by atoms with Crippen molar-refractivity contribution in [3.63, 3.8) is 0 Å². The van der Waals surface area contributed by atoms with E-state index in [1.54, 1.807) is 0 Å². The molecule has 2 fully saturated rings. The maximum absolute atomic E-state index is 5.01. The van der Waals surface area contributed by atoms with E-state index >= 15 is 0 Å². The average molecular weight is 249 g/mol. The molecule has 0 radical (unpaired) electrons. The molecule has 0 bridgehead atoms. The zero-order valence-corrected chi connectivity index (χ0v) is 11.3. The van der Waals surface area contributed by atoms with Crippen molar-refractivity contribution in [3.8, 4) is 0 Å². The maximum Gasteiger partial charge on any atom is 0.0933 e. The molecule has 2 saturated heterocycles. The summed E-state index contributed by atoms with van der Waals surface area (Å²) in [7, 11) is 0. The van der Waals surface area contributed by atoms with Crippen molar-refractivity contribution in [3.05, 3.63) is 35.9 Å². The van der Waals surface area contributed by atoms with Crippen molar-refractivity contribution in [2.24, 2.45) is 0 Å². The third kappa shape index (κ3) is 5.63. The van der Waals surface area contributed by atoms with Crippen LogP contribution in [0.3, 0.4) is 0 Å². The van der Waals surface area contributed by atoms with Crippen molar-refractivity contribution in [2.45, 2.75) is 32.0 Å². The van der Waals surface area contributed by atoms with Gasteiger partial charge in [-0.2, -0.15) is 0 Å². The van der Waals surface area contributed by atoms with Crippen LogP contribution in [-0.4, -0.2) is 38.5 Å². The van der Waals surface area contributed by atoms with Gasteiger partial charge in [0.1, 0.15) is 0 Å². The average Bonchev–Trinajstić information content (AvgIpc) is 3.26. The fourth-order valence-electron chi connectivity index (χ4n) is 1.62. The highest BCUT2D eigenvalue weighted by Crippen LogP contribution is 2.11. The lowest BCUT2D eigenvalue weighted by Gasteiger charge is -2.01. The Labute approximate surface area is 109 Å². The molecule has 100 valence electrons. The van der Waals surface area contributed by atoms with Crippen LogP contribution in [0, 0.1) is 0 Å². The minimum atomic E-state index is 0.503. The molecule has 2 aliphatic heterocycles. The van der Waals surface area contributed by atoms with E-state index in [-0.39, 0.29) is 0 Å². The summed E-state index contributed by atoms with van der Waals surface area (Å²) in [4.78, 5) is 0. The summed E-state index contributed by atoms with van der Waals surface area (Å²) in [5, 5.41) is 3.26. The Morgan fingerprint density at radius 2 is 1.56 bits per heavy atom. The van der Waals surface area contributed by atoms with Gasteiger partial charge in [0.05, 0.1) is 25.4 Å². The van der Waals surface area contributed by atoms with Gasteiger partial charge in [-0.3, -0.25) is 0 Å². The van der Waals surface area contributed by atoms with Crippen LogP contribution < -0.4 is 5.32 Å². The molecule has 2 atom stereocenters. The maximum atomic E-state index is 5.01. The van der Waals surface area contributed by atoms with Crippen LogP contribution in [0.4, 0.5) is 0 Å². The molecule has 18 heavy (non-hydrogen) atoms. The summed E-state index contributed by atoms with van der Waals surface area (Å²) >= 11 is 0. The van der Waals surface area contributed by atoms with Gasteiger partial charge in [0, 0.05) is 13.1 Å². The summed E-state index contributed by atoms with van der Waals surface area (Å²) < 4.78 is 10.0. The quantitative estimate of drug-likeness (QED) is 0.813. The smallest absolute Gasteiger partial charge is 0.0933 e. The van der Waals surface area contributed by atoms with E-state index in [2.05, 4.69) is 43.4 Å². The molecule has 1 aromatic carbocycles. The standard InChI is InChI=1S/C9H12.C6H11NO2/c1-8(2)9-6-4-3-5-7-9;1(5-3-8-5)7-2-6-4-9-6/h3-8H,1-2H3;5-7H,1-4H2. The van der Waals surface area contributed by atoms with Crippen molar-refractivity contribution >= 4 is 0 Å². The Morgan fingerprint density at radius 1 is 1.06 bits per heavy atom. The molecule has 1 aromatic rings. The van der Waals surface area contributed by atoms with E-state index in [0.717, 1.165) is 26.3 Å². The monoisotopic (exact) mass is 249 g/mol. The fourth-order valence-corrected chi connectivity index (χ4v) is 1.62. The number of rotatable bonds is 5. The first-order chi connectivity index (χ1) is 8.75. The van der Waals surface area contributed by atoms with Crippen molar-refractivity contribution < 1.29 is 9.47 Å². The Balaban J connectivity index is 0.000000134. The lowest BCUT2D eigenvalue weighted by Crippen LogP contribution is -2.24. The van der Waals surface area contributed by atoms with E-state index in [9.17, 15) is 0 Å². The molecule has 0 aliphatic carbocycles. The minimum Gasteiger partial charge on any atom is -0.372 e. The predicted molar refractivity (Wildman–Crippen MR) is 72.9 cm³/mol. The normalized spacial score (nSPS) is 24.4. The van der Waals surface area contributed by atoms with Crippen molar-refractivity contribution in [2.75, 3.05) is 26.3 Å². The molecule has 3 rings (SSSR count). The van der Waals surface area contributed by atoms with Crippen LogP contribution in [0.25, 0.3) is 0 Å². The largest absolute Gasteiger partial charge is 0.372 e. The van der Waals surface area contributed by atoms with Crippen LogP contribution in [-0.2, 0) is 9.47 Å². The second-order valence-corrected chi connectivity index (χ2v) is 5.13.